The van der Waals surface area contributed by atoms with Crippen molar-refractivity contribution >= 4 is 29.2 Å². The first-order valence-corrected chi connectivity index (χ1v) is 8.03. The van der Waals surface area contributed by atoms with Crippen LogP contribution in [-0.2, 0) is 0 Å². The standard InChI is InChI=1S/C17H24N2OS/c1-17(2,16(21)19-10-6-3-7-11-19)13-18-15-9-5-4-8-14(15)12-20/h4-5,8-9,12,18H,3,6-7,10-11,13H2,1-2H3. The van der Waals surface area contributed by atoms with E-state index < -0.39 is 0 Å². The van der Waals surface area contributed by atoms with Crippen LogP contribution in [0, 0.1) is 5.41 Å². The lowest BCUT2D eigenvalue weighted by molar-refractivity contribution is 0.112. The fraction of sp³-hybridized carbons (Fsp3) is 0.529. The van der Waals surface area contributed by atoms with Crippen LogP contribution in [0.25, 0.3) is 0 Å². The number of benzene rings is 1. The highest BCUT2D eigenvalue weighted by atomic mass is 32.1. The predicted molar refractivity (Wildman–Crippen MR) is 92.1 cm³/mol. The molecule has 3 nitrogen and oxygen atoms in total. The Morgan fingerprint density at radius 1 is 1.29 bits per heavy atom. The van der Waals surface area contributed by atoms with Crippen molar-refractivity contribution in [3.8, 4) is 0 Å². The van der Waals surface area contributed by atoms with Gasteiger partial charge in [-0.3, -0.25) is 4.79 Å². The van der Waals surface area contributed by atoms with Crippen LogP contribution in [0.4, 0.5) is 5.69 Å². The van der Waals surface area contributed by atoms with E-state index in [0.717, 1.165) is 36.6 Å². The van der Waals surface area contributed by atoms with Gasteiger partial charge in [-0.15, -0.1) is 0 Å². The minimum Gasteiger partial charge on any atom is -0.384 e. The van der Waals surface area contributed by atoms with Gasteiger partial charge in [0.1, 0.15) is 0 Å². The van der Waals surface area contributed by atoms with Crippen molar-refractivity contribution < 1.29 is 4.79 Å². The van der Waals surface area contributed by atoms with Gasteiger partial charge in [0.25, 0.3) is 0 Å². The molecule has 1 aromatic rings. The number of carbonyl (C=O) groups is 1. The molecule has 0 saturated carbocycles. The van der Waals surface area contributed by atoms with Crippen LogP contribution in [0.1, 0.15) is 43.5 Å². The molecule has 0 atom stereocenters. The summed E-state index contributed by atoms with van der Waals surface area (Å²) in [5, 5.41) is 3.38. The number of nitrogens with one attached hydrogen (secondary N) is 1. The number of rotatable bonds is 5. The first-order valence-electron chi connectivity index (χ1n) is 7.62. The summed E-state index contributed by atoms with van der Waals surface area (Å²) in [5.74, 6) is 0. The number of aldehydes is 1. The van der Waals surface area contributed by atoms with Crippen molar-refractivity contribution in [1.29, 1.82) is 0 Å². The number of anilines is 1. The van der Waals surface area contributed by atoms with Crippen molar-refractivity contribution in [1.82, 2.24) is 4.90 Å². The molecular formula is C17H24N2OS. The zero-order chi connectivity index (χ0) is 15.3. The molecule has 0 aromatic heterocycles. The number of para-hydroxylation sites is 1. The molecule has 1 aromatic carbocycles. The Morgan fingerprint density at radius 3 is 2.62 bits per heavy atom. The van der Waals surface area contributed by atoms with E-state index in [2.05, 4.69) is 24.1 Å². The lowest BCUT2D eigenvalue weighted by Gasteiger charge is -2.37. The first kappa shape index (κ1) is 16.0. The zero-order valence-corrected chi connectivity index (χ0v) is 13.7. The Morgan fingerprint density at radius 2 is 1.95 bits per heavy atom. The van der Waals surface area contributed by atoms with Gasteiger partial charge in [-0.05, 0) is 31.4 Å². The van der Waals surface area contributed by atoms with Crippen LogP contribution in [-0.4, -0.2) is 35.8 Å². The lowest BCUT2D eigenvalue weighted by atomic mass is 9.91. The van der Waals surface area contributed by atoms with Crippen molar-refractivity contribution in [2.24, 2.45) is 5.41 Å². The summed E-state index contributed by atoms with van der Waals surface area (Å²) in [7, 11) is 0. The van der Waals surface area contributed by atoms with E-state index >= 15 is 0 Å². The number of likely N-dealkylation sites (tertiary alicyclic amines) is 1. The van der Waals surface area contributed by atoms with Gasteiger partial charge in [0.15, 0.2) is 6.29 Å². The highest BCUT2D eigenvalue weighted by molar-refractivity contribution is 7.80. The summed E-state index contributed by atoms with van der Waals surface area (Å²) in [4.78, 5) is 14.4. The third-order valence-corrected chi connectivity index (χ3v) is 4.84. The Hall–Kier alpha value is -1.42. The quantitative estimate of drug-likeness (QED) is 0.663. The highest BCUT2D eigenvalue weighted by Gasteiger charge is 2.28. The van der Waals surface area contributed by atoms with Gasteiger partial charge in [-0.2, -0.15) is 0 Å². The van der Waals surface area contributed by atoms with E-state index in [-0.39, 0.29) is 5.41 Å². The number of carbonyl (C=O) groups excluding carboxylic acids is 1. The number of thiocarbonyl (C=S) groups is 1. The fourth-order valence-corrected chi connectivity index (χ4v) is 2.93. The van der Waals surface area contributed by atoms with Crippen molar-refractivity contribution in [3.63, 3.8) is 0 Å². The summed E-state index contributed by atoms with van der Waals surface area (Å²) in [5.41, 5.74) is 1.46. The molecule has 1 saturated heterocycles. The maximum atomic E-state index is 11.1. The van der Waals surface area contributed by atoms with Crippen molar-refractivity contribution in [2.45, 2.75) is 33.1 Å². The summed E-state index contributed by atoms with van der Waals surface area (Å²) in [6, 6.07) is 7.57. The molecule has 0 unspecified atom stereocenters. The summed E-state index contributed by atoms with van der Waals surface area (Å²) < 4.78 is 0. The Labute approximate surface area is 132 Å². The molecule has 1 N–H and O–H groups in total. The smallest absolute Gasteiger partial charge is 0.152 e. The second kappa shape index (κ2) is 7.03. The molecule has 0 aliphatic carbocycles. The predicted octanol–water partition coefficient (Wildman–Crippen LogP) is 3.75. The van der Waals surface area contributed by atoms with Gasteiger partial charge in [0.05, 0.1) is 4.99 Å². The van der Waals surface area contributed by atoms with Crippen LogP contribution in [0.2, 0.25) is 0 Å². The van der Waals surface area contributed by atoms with E-state index in [1.807, 2.05) is 24.3 Å². The molecule has 1 heterocycles. The zero-order valence-electron chi connectivity index (χ0n) is 12.9. The van der Waals surface area contributed by atoms with E-state index in [1.54, 1.807) is 0 Å². The molecule has 114 valence electrons. The third kappa shape index (κ3) is 4.03. The number of piperidine rings is 1. The molecular weight excluding hydrogens is 280 g/mol. The molecule has 0 radical (unpaired) electrons. The van der Waals surface area contributed by atoms with Gasteiger partial charge in [-0.25, -0.2) is 0 Å². The molecule has 0 bridgehead atoms. The van der Waals surface area contributed by atoms with Crippen LogP contribution in [0.5, 0.6) is 0 Å². The summed E-state index contributed by atoms with van der Waals surface area (Å²) in [6.45, 7) is 7.22. The second-order valence-corrected chi connectivity index (χ2v) is 6.68. The van der Waals surface area contributed by atoms with Crippen LogP contribution >= 0.6 is 12.2 Å². The average Bonchev–Trinajstić information content (AvgIpc) is 2.53. The van der Waals surface area contributed by atoms with Gasteiger partial charge in [-0.1, -0.05) is 38.2 Å². The molecule has 21 heavy (non-hydrogen) atoms. The lowest BCUT2D eigenvalue weighted by Crippen LogP contribution is -2.45. The first-order chi connectivity index (χ1) is 10.0. The maximum Gasteiger partial charge on any atom is 0.152 e. The topological polar surface area (TPSA) is 32.3 Å². The third-order valence-electron chi connectivity index (χ3n) is 4.03. The van der Waals surface area contributed by atoms with E-state index in [4.69, 9.17) is 12.2 Å². The largest absolute Gasteiger partial charge is 0.384 e. The van der Waals surface area contributed by atoms with Gasteiger partial charge in [0, 0.05) is 36.3 Å². The van der Waals surface area contributed by atoms with E-state index in [0.29, 0.717) is 5.56 Å². The molecule has 0 spiro atoms. The second-order valence-electron chi connectivity index (χ2n) is 6.30. The molecule has 1 aliphatic rings. The van der Waals surface area contributed by atoms with Crippen LogP contribution in [0.15, 0.2) is 24.3 Å². The minimum absolute atomic E-state index is 0.108. The molecule has 1 fully saturated rings. The van der Waals surface area contributed by atoms with E-state index in [9.17, 15) is 4.79 Å². The highest BCUT2D eigenvalue weighted by Crippen LogP contribution is 2.25. The fourth-order valence-electron chi connectivity index (χ4n) is 2.68. The number of hydrogen-bond donors (Lipinski definition) is 1. The van der Waals surface area contributed by atoms with Gasteiger partial charge in [0.2, 0.25) is 0 Å². The van der Waals surface area contributed by atoms with Crippen LogP contribution < -0.4 is 5.32 Å². The summed E-state index contributed by atoms with van der Waals surface area (Å²) >= 11 is 5.70. The molecule has 2 rings (SSSR count). The minimum atomic E-state index is -0.108. The SMILES string of the molecule is CC(C)(CNc1ccccc1C=O)C(=S)N1CCCCC1. The molecule has 4 heteroatoms. The van der Waals surface area contributed by atoms with Gasteiger partial charge < -0.3 is 10.2 Å². The Balaban J connectivity index is 1.99. The van der Waals surface area contributed by atoms with Crippen LogP contribution in [0.3, 0.4) is 0 Å². The number of nitrogens with zero attached hydrogens (tertiary/aromatic N) is 1. The molecule has 0 amide bonds. The normalized spacial score (nSPS) is 15.6. The monoisotopic (exact) mass is 304 g/mol. The Bertz CT molecular complexity index is 507. The average molecular weight is 304 g/mol. The number of hydrogen-bond acceptors (Lipinski definition) is 3. The molecule has 1 aliphatic heterocycles. The van der Waals surface area contributed by atoms with Gasteiger partial charge >= 0.3 is 0 Å². The van der Waals surface area contributed by atoms with Crippen molar-refractivity contribution in [3.05, 3.63) is 29.8 Å². The maximum absolute atomic E-state index is 11.1. The van der Waals surface area contributed by atoms with Crippen molar-refractivity contribution in [2.75, 3.05) is 25.0 Å². The Kier molecular flexibility index (Phi) is 5.34. The van der Waals surface area contributed by atoms with E-state index in [1.165, 1.54) is 19.3 Å². The summed E-state index contributed by atoms with van der Waals surface area (Å²) in [6.07, 6.45) is 4.66.